The fraction of sp³-hybridized carbons (Fsp3) is 0.412. The van der Waals surface area contributed by atoms with Crippen LogP contribution in [0.2, 0.25) is 10.0 Å². The van der Waals surface area contributed by atoms with E-state index in [0.29, 0.717) is 54.4 Å². The van der Waals surface area contributed by atoms with Gasteiger partial charge in [-0.3, -0.25) is 28.8 Å². The monoisotopic (exact) mass is 718 g/mol. The molecule has 3 heterocycles. The first kappa shape index (κ1) is 34.8. The number of hydrogen-bond donors (Lipinski definition) is 0. The summed E-state index contributed by atoms with van der Waals surface area (Å²) in [6.07, 6.45) is 3.63. The molecule has 6 rings (SSSR count). The van der Waals surface area contributed by atoms with E-state index in [1.165, 1.54) is 35.2 Å². The minimum absolute atomic E-state index is 0.0260. The smallest absolute Gasteiger partial charge is 0.387 e. The SMILES string of the molecule is O=C(Cn1c(=O)c(=O)n(CCN2CCOCC2)c2ccccc21)OC(Cc1c(Cl)cncc1Cl)c1ccc(OC(F)F)c(OCC2CC2)c1. The Morgan fingerprint density at radius 2 is 1.61 bits per heavy atom. The van der Waals surface area contributed by atoms with Gasteiger partial charge in [-0.2, -0.15) is 8.78 Å². The van der Waals surface area contributed by atoms with Crippen molar-refractivity contribution >= 4 is 40.2 Å². The number of aromatic nitrogens is 3. The number of morpholine rings is 1. The molecule has 1 atom stereocenters. The van der Waals surface area contributed by atoms with Crippen LogP contribution in [0.15, 0.2) is 64.4 Å². The molecule has 0 N–H and O–H groups in total. The Labute approximate surface area is 289 Å². The van der Waals surface area contributed by atoms with Crippen molar-refractivity contribution in [3.05, 3.63) is 96.7 Å². The summed E-state index contributed by atoms with van der Waals surface area (Å²) in [5.74, 6) is -0.635. The zero-order valence-corrected chi connectivity index (χ0v) is 27.9. The standard InChI is InChI=1S/C34H34Cl2F2N4O7/c35-24-17-39-18-25(36)23(24)16-29(22-7-8-28(49-34(37)38)30(15-22)47-20-21-5-6-21)48-31(43)19-42-27-4-2-1-3-26(27)41(32(44)33(42)45)10-9-40-11-13-46-14-12-40/h1-4,7-8,15,17-18,21,29,34H,5-6,9-14,16,19-20H2. The second-order valence-electron chi connectivity index (χ2n) is 11.9. The van der Waals surface area contributed by atoms with Crippen molar-refractivity contribution in [2.75, 3.05) is 39.5 Å². The van der Waals surface area contributed by atoms with Gasteiger partial charge in [-0.25, -0.2) is 0 Å². The molecule has 0 radical (unpaired) electrons. The second kappa shape index (κ2) is 15.7. The molecule has 11 nitrogen and oxygen atoms in total. The lowest BCUT2D eigenvalue weighted by Crippen LogP contribution is -2.45. The molecular weight excluding hydrogens is 685 g/mol. The third kappa shape index (κ3) is 8.58. The predicted octanol–water partition coefficient (Wildman–Crippen LogP) is 5.11. The maximum absolute atomic E-state index is 13.7. The molecule has 2 fully saturated rings. The second-order valence-corrected chi connectivity index (χ2v) is 12.7. The van der Waals surface area contributed by atoms with E-state index in [2.05, 4.69) is 14.6 Å². The van der Waals surface area contributed by atoms with Gasteiger partial charge in [0.1, 0.15) is 12.6 Å². The summed E-state index contributed by atoms with van der Waals surface area (Å²) in [6, 6.07) is 11.1. The maximum atomic E-state index is 13.7. The van der Waals surface area contributed by atoms with Crippen molar-refractivity contribution in [3.63, 3.8) is 0 Å². The quantitative estimate of drug-likeness (QED) is 0.130. The van der Waals surface area contributed by atoms with E-state index in [4.69, 9.17) is 37.4 Å². The predicted molar refractivity (Wildman–Crippen MR) is 178 cm³/mol. The van der Waals surface area contributed by atoms with E-state index >= 15 is 0 Å². The van der Waals surface area contributed by atoms with Crippen LogP contribution in [0.5, 0.6) is 11.5 Å². The van der Waals surface area contributed by atoms with Gasteiger partial charge in [0.2, 0.25) is 0 Å². The first-order valence-electron chi connectivity index (χ1n) is 15.9. The number of esters is 1. The Morgan fingerprint density at radius 3 is 2.29 bits per heavy atom. The van der Waals surface area contributed by atoms with E-state index in [1.807, 2.05) is 0 Å². The lowest BCUT2D eigenvalue weighted by atomic mass is 10.0. The van der Waals surface area contributed by atoms with Crippen LogP contribution >= 0.6 is 23.2 Å². The van der Waals surface area contributed by atoms with Gasteiger partial charge in [0.05, 0.1) is 40.9 Å². The fourth-order valence-electron chi connectivity index (χ4n) is 5.71. The molecular formula is C34H34Cl2F2N4O7. The highest BCUT2D eigenvalue weighted by Crippen LogP contribution is 2.38. The van der Waals surface area contributed by atoms with Crippen molar-refractivity contribution < 1.29 is 32.5 Å². The van der Waals surface area contributed by atoms with Crippen molar-refractivity contribution in [2.45, 2.75) is 45.1 Å². The largest absolute Gasteiger partial charge is 0.489 e. The number of halogens is 4. The maximum Gasteiger partial charge on any atom is 0.387 e. The number of carbonyl (C=O) groups is 1. The number of pyridine rings is 1. The van der Waals surface area contributed by atoms with Crippen LogP contribution < -0.4 is 20.6 Å². The van der Waals surface area contributed by atoms with Crippen LogP contribution in [0.3, 0.4) is 0 Å². The van der Waals surface area contributed by atoms with Crippen LogP contribution in [0.4, 0.5) is 8.78 Å². The summed E-state index contributed by atoms with van der Waals surface area (Å²) >= 11 is 12.8. The molecule has 2 aromatic carbocycles. The van der Waals surface area contributed by atoms with Crippen LogP contribution in [0.25, 0.3) is 11.0 Å². The van der Waals surface area contributed by atoms with Crippen LogP contribution in [-0.4, -0.2) is 71.1 Å². The molecule has 0 bridgehead atoms. The van der Waals surface area contributed by atoms with Crippen molar-refractivity contribution in [1.29, 1.82) is 0 Å². The van der Waals surface area contributed by atoms with Crippen LogP contribution in [-0.2, 0) is 33.8 Å². The average molecular weight is 720 g/mol. The van der Waals surface area contributed by atoms with Crippen molar-refractivity contribution in [2.24, 2.45) is 5.92 Å². The van der Waals surface area contributed by atoms with E-state index in [1.54, 1.807) is 24.3 Å². The highest BCUT2D eigenvalue weighted by Gasteiger charge is 2.27. The fourth-order valence-corrected chi connectivity index (χ4v) is 6.23. The van der Waals surface area contributed by atoms with Gasteiger partial charge < -0.3 is 23.5 Å². The molecule has 49 heavy (non-hydrogen) atoms. The number of ether oxygens (including phenoxy) is 4. The molecule has 1 unspecified atom stereocenters. The molecule has 1 saturated heterocycles. The normalized spacial score (nSPS) is 15.8. The summed E-state index contributed by atoms with van der Waals surface area (Å²) in [7, 11) is 0. The zero-order valence-electron chi connectivity index (χ0n) is 26.4. The summed E-state index contributed by atoms with van der Waals surface area (Å²) in [5, 5.41) is 0.443. The molecule has 0 spiro atoms. The Kier molecular flexibility index (Phi) is 11.1. The molecule has 1 saturated carbocycles. The first-order chi connectivity index (χ1) is 23.7. The van der Waals surface area contributed by atoms with Crippen molar-refractivity contribution in [3.8, 4) is 11.5 Å². The van der Waals surface area contributed by atoms with Crippen LogP contribution in [0, 0.1) is 5.92 Å². The van der Waals surface area contributed by atoms with Gasteiger partial charge in [-0.05, 0) is 54.2 Å². The Balaban J connectivity index is 1.30. The van der Waals surface area contributed by atoms with Gasteiger partial charge in [0.15, 0.2) is 11.5 Å². The van der Waals surface area contributed by atoms with E-state index in [0.717, 1.165) is 30.5 Å². The number of para-hydroxylation sites is 2. The number of hydrogen-bond acceptors (Lipinski definition) is 9. The molecule has 2 aliphatic rings. The van der Waals surface area contributed by atoms with E-state index in [-0.39, 0.29) is 34.5 Å². The number of rotatable bonds is 14. The molecule has 2 aromatic heterocycles. The Morgan fingerprint density at radius 1 is 0.939 bits per heavy atom. The lowest BCUT2D eigenvalue weighted by Gasteiger charge is -2.27. The number of carbonyl (C=O) groups excluding carboxylic acids is 1. The number of benzene rings is 2. The van der Waals surface area contributed by atoms with Crippen LogP contribution in [0.1, 0.15) is 30.1 Å². The molecule has 260 valence electrons. The average Bonchev–Trinajstić information content (AvgIpc) is 3.92. The topological polar surface area (TPSA) is 114 Å². The third-order valence-electron chi connectivity index (χ3n) is 8.51. The van der Waals surface area contributed by atoms with E-state index < -0.39 is 36.3 Å². The molecule has 1 aliphatic heterocycles. The van der Waals surface area contributed by atoms with Crippen molar-refractivity contribution in [1.82, 2.24) is 19.0 Å². The van der Waals surface area contributed by atoms with Gasteiger partial charge in [-0.15, -0.1) is 0 Å². The number of nitrogens with zero attached hydrogens (tertiary/aromatic N) is 4. The van der Waals surface area contributed by atoms with Gasteiger partial charge in [0, 0.05) is 45.0 Å². The molecule has 1 aliphatic carbocycles. The van der Waals surface area contributed by atoms with Gasteiger partial charge in [-0.1, -0.05) is 41.4 Å². The van der Waals surface area contributed by atoms with E-state index in [9.17, 15) is 23.2 Å². The summed E-state index contributed by atoms with van der Waals surface area (Å²) in [5.41, 5.74) is 0.0343. The van der Waals surface area contributed by atoms with Gasteiger partial charge >= 0.3 is 23.7 Å². The highest BCUT2D eigenvalue weighted by molar-refractivity contribution is 6.35. The van der Waals surface area contributed by atoms with Gasteiger partial charge in [0.25, 0.3) is 0 Å². The number of fused-ring (bicyclic) bond motifs is 1. The first-order valence-corrected chi connectivity index (χ1v) is 16.6. The molecule has 15 heteroatoms. The highest BCUT2D eigenvalue weighted by atomic mass is 35.5. The Hall–Kier alpha value is -4.04. The minimum Gasteiger partial charge on any atom is -0.489 e. The third-order valence-corrected chi connectivity index (χ3v) is 9.16. The Bertz CT molecular complexity index is 1910. The minimum atomic E-state index is -3.08. The zero-order chi connectivity index (χ0) is 34.5. The molecule has 0 amide bonds. The molecule has 4 aromatic rings. The summed E-state index contributed by atoms with van der Waals surface area (Å²) in [6.45, 7) is 0.130. The lowest BCUT2D eigenvalue weighted by molar-refractivity contribution is -0.150. The summed E-state index contributed by atoms with van der Waals surface area (Å²) < 4.78 is 50.8. The number of alkyl halides is 2. The summed E-state index contributed by atoms with van der Waals surface area (Å²) in [4.78, 5) is 46.7.